The van der Waals surface area contributed by atoms with E-state index in [1.165, 1.54) is 0 Å². The smallest absolute Gasteiger partial charge is 0.389 e. The Balaban J connectivity index is 2.58. The van der Waals surface area contributed by atoms with E-state index in [0.29, 0.717) is 12.4 Å². The predicted molar refractivity (Wildman–Crippen MR) is 71.8 cm³/mol. The Kier molecular flexibility index (Phi) is 6.78. The van der Waals surface area contributed by atoms with Crippen LogP contribution < -0.4 is 10.1 Å². The highest BCUT2D eigenvalue weighted by Crippen LogP contribution is 2.21. The molecule has 0 saturated carbocycles. The van der Waals surface area contributed by atoms with E-state index < -0.39 is 12.6 Å². The zero-order valence-electron chi connectivity index (χ0n) is 11.9. The van der Waals surface area contributed by atoms with Gasteiger partial charge in [0.05, 0.1) is 6.61 Å². The van der Waals surface area contributed by atoms with Gasteiger partial charge in [-0.15, -0.1) is 0 Å². The third-order valence-electron chi connectivity index (χ3n) is 2.66. The highest BCUT2D eigenvalue weighted by Gasteiger charge is 2.26. The number of alkyl halides is 3. The SMILES string of the molecule is CCCc1cc(CNC)cc(OCCCC(F)(F)F)n1. The van der Waals surface area contributed by atoms with Gasteiger partial charge in [-0.05, 0) is 31.5 Å². The minimum atomic E-state index is -4.13. The van der Waals surface area contributed by atoms with Crippen LogP contribution in [-0.4, -0.2) is 24.8 Å². The van der Waals surface area contributed by atoms with E-state index in [2.05, 4.69) is 17.2 Å². The Morgan fingerprint density at radius 2 is 2.05 bits per heavy atom. The second kappa shape index (κ2) is 8.09. The molecule has 0 aliphatic rings. The van der Waals surface area contributed by atoms with Crippen LogP contribution in [0.15, 0.2) is 12.1 Å². The predicted octanol–water partition coefficient (Wildman–Crippen LogP) is 3.47. The van der Waals surface area contributed by atoms with Crippen molar-refractivity contribution >= 4 is 0 Å². The third-order valence-corrected chi connectivity index (χ3v) is 2.66. The fraction of sp³-hybridized carbons (Fsp3) is 0.643. The average molecular weight is 290 g/mol. The molecule has 0 fully saturated rings. The van der Waals surface area contributed by atoms with Gasteiger partial charge in [0.15, 0.2) is 0 Å². The molecule has 1 heterocycles. The zero-order valence-corrected chi connectivity index (χ0v) is 11.9. The first kappa shape index (κ1) is 16.8. The van der Waals surface area contributed by atoms with Crippen LogP contribution in [0, 0.1) is 0 Å². The van der Waals surface area contributed by atoms with Crippen LogP contribution in [0.2, 0.25) is 0 Å². The van der Waals surface area contributed by atoms with E-state index in [4.69, 9.17) is 4.74 Å². The van der Waals surface area contributed by atoms with Crippen molar-refractivity contribution in [1.29, 1.82) is 0 Å². The van der Waals surface area contributed by atoms with E-state index in [-0.39, 0.29) is 13.0 Å². The van der Waals surface area contributed by atoms with Crippen LogP contribution in [-0.2, 0) is 13.0 Å². The van der Waals surface area contributed by atoms with Gasteiger partial charge < -0.3 is 10.1 Å². The molecule has 0 aliphatic heterocycles. The van der Waals surface area contributed by atoms with Crippen LogP contribution in [0.3, 0.4) is 0 Å². The van der Waals surface area contributed by atoms with Crippen molar-refractivity contribution in [3.05, 3.63) is 23.4 Å². The minimum Gasteiger partial charge on any atom is -0.478 e. The maximum absolute atomic E-state index is 12.0. The molecule has 0 unspecified atom stereocenters. The molecule has 0 aliphatic carbocycles. The third kappa shape index (κ3) is 6.75. The lowest BCUT2D eigenvalue weighted by molar-refractivity contribution is -0.136. The molecule has 20 heavy (non-hydrogen) atoms. The van der Waals surface area contributed by atoms with E-state index >= 15 is 0 Å². The van der Waals surface area contributed by atoms with Gasteiger partial charge in [-0.2, -0.15) is 13.2 Å². The van der Waals surface area contributed by atoms with Gasteiger partial charge in [0.25, 0.3) is 0 Å². The Labute approximate surface area is 117 Å². The van der Waals surface area contributed by atoms with Crippen molar-refractivity contribution in [3.63, 3.8) is 0 Å². The molecule has 1 rings (SSSR count). The van der Waals surface area contributed by atoms with Crippen molar-refractivity contribution < 1.29 is 17.9 Å². The van der Waals surface area contributed by atoms with Crippen molar-refractivity contribution in [1.82, 2.24) is 10.3 Å². The Morgan fingerprint density at radius 1 is 1.30 bits per heavy atom. The maximum atomic E-state index is 12.0. The van der Waals surface area contributed by atoms with Gasteiger partial charge in [-0.1, -0.05) is 13.3 Å². The molecular weight excluding hydrogens is 269 g/mol. The van der Waals surface area contributed by atoms with Crippen LogP contribution in [0.4, 0.5) is 13.2 Å². The molecule has 1 N–H and O–H groups in total. The summed E-state index contributed by atoms with van der Waals surface area (Å²) in [4.78, 5) is 4.31. The molecular formula is C14H21F3N2O. The second-order valence-electron chi connectivity index (χ2n) is 4.65. The summed E-state index contributed by atoms with van der Waals surface area (Å²) in [5.74, 6) is 0.406. The molecule has 114 valence electrons. The standard InChI is InChI=1S/C14H21F3N2O/c1-3-5-12-8-11(10-18-2)9-13(19-12)20-7-4-6-14(15,16)17/h8-9,18H,3-7,10H2,1-2H3. The number of aromatic nitrogens is 1. The molecule has 1 aromatic rings. The zero-order chi connectivity index (χ0) is 15.0. The summed E-state index contributed by atoms with van der Waals surface area (Å²) in [6.07, 6.45) is -3.21. The fourth-order valence-electron chi connectivity index (χ4n) is 1.83. The van der Waals surface area contributed by atoms with Gasteiger partial charge in [0, 0.05) is 24.7 Å². The van der Waals surface area contributed by atoms with E-state index in [9.17, 15) is 13.2 Å². The highest BCUT2D eigenvalue weighted by molar-refractivity contribution is 5.25. The lowest BCUT2D eigenvalue weighted by Crippen LogP contribution is -2.11. The number of hydrogen-bond donors (Lipinski definition) is 1. The molecule has 6 heteroatoms. The number of hydrogen-bond acceptors (Lipinski definition) is 3. The van der Waals surface area contributed by atoms with Crippen molar-refractivity contribution in [3.8, 4) is 5.88 Å². The van der Waals surface area contributed by atoms with Gasteiger partial charge in [0.2, 0.25) is 5.88 Å². The molecule has 0 aromatic carbocycles. The van der Waals surface area contributed by atoms with Crippen molar-refractivity contribution in [2.24, 2.45) is 0 Å². The summed E-state index contributed by atoms with van der Waals surface area (Å²) in [5, 5.41) is 3.04. The Bertz CT molecular complexity index is 384. The van der Waals surface area contributed by atoms with Crippen LogP contribution in [0.5, 0.6) is 5.88 Å². The Morgan fingerprint density at radius 3 is 2.65 bits per heavy atom. The van der Waals surface area contributed by atoms with Crippen LogP contribution in [0.25, 0.3) is 0 Å². The largest absolute Gasteiger partial charge is 0.478 e. The molecule has 0 spiro atoms. The number of pyridine rings is 1. The van der Waals surface area contributed by atoms with E-state index in [0.717, 1.165) is 24.1 Å². The number of nitrogens with zero attached hydrogens (tertiary/aromatic N) is 1. The Hall–Kier alpha value is -1.30. The summed E-state index contributed by atoms with van der Waals surface area (Å²) < 4.78 is 41.4. The number of halogens is 3. The van der Waals surface area contributed by atoms with E-state index in [1.807, 2.05) is 13.1 Å². The number of rotatable bonds is 8. The fourth-order valence-corrected chi connectivity index (χ4v) is 1.83. The van der Waals surface area contributed by atoms with Gasteiger partial charge in [0.1, 0.15) is 0 Å². The first-order valence-corrected chi connectivity index (χ1v) is 6.78. The van der Waals surface area contributed by atoms with Gasteiger partial charge in [-0.3, -0.25) is 0 Å². The molecule has 0 saturated heterocycles. The summed E-state index contributed by atoms with van der Waals surface area (Å²) in [6.45, 7) is 2.76. The highest BCUT2D eigenvalue weighted by atomic mass is 19.4. The van der Waals surface area contributed by atoms with E-state index in [1.54, 1.807) is 6.07 Å². The quantitative estimate of drug-likeness (QED) is 0.744. The lowest BCUT2D eigenvalue weighted by atomic mass is 10.1. The summed E-state index contributed by atoms with van der Waals surface area (Å²) in [6, 6.07) is 3.76. The number of aryl methyl sites for hydroxylation is 1. The molecule has 1 aromatic heterocycles. The van der Waals surface area contributed by atoms with Crippen LogP contribution in [0.1, 0.15) is 37.4 Å². The number of nitrogens with one attached hydrogen (secondary N) is 1. The van der Waals surface area contributed by atoms with Gasteiger partial charge >= 0.3 is 6.18 Å². The number of ether oxygens (including phenoxy) is 1. The summed E-state index contributed by atoms with van der Waals surface area (Å²) in [7, 11) is 1.84. The first-order valence-electron chi connectivity index (χ1n) is 6.78. The van der Waals surface area contributed by atoms with Crippen molar-refractivity contribution in [2.75, 3.05) is 13.7 Å². The lowest BCUT2D eigenvalue weighted by Gasteiger charge is -2.10. The normalized spacial score (nSPS) is 11.7. The molecule has 0 radical (unpaired) electrons. The minimum absolute atomic E-state index is 0.0289. The topological polar surface area (TPSA) is 34.1 Å². The molecule has 0 amide bonds. The molecule has 3 nitrogen and oxygen atoms in total. The van der Waals surface area contributed by atoms with Gasteiger partial charge in [-0.25, -0.2) is 4.98 Å². The molecule has 0 atom stereocenters. The summed E-state index contributed by atoms with van der Waals surface area (Å²) >= 11 is 0. The first-order chi connectivity index (χ1) is 9.44. The summed E-state index contributed by atoms with van der Waals surface area (Å²) in [5.41, 5.74) is 1.93. The maximum Gasteiger partial charge on any atom is 0.389 e. The van der Waals surface area contributed by atoms with Crippen LogP contribution >= 0.6 is 0 Å². The average Bonchev–Trinajstić information content (AvgIpc) is 2.34. The monoisotopic (exact) mass is 290 g/mol. The van der Waals surface area contributed by atoms with Crippen molar-refractivity contribution in [2.45, 2.75) is 45.3 Å². The second-order valence-corrected chi connectivity index (χ2v) is 4.65. The molecule has 0 bridgehead atoms.